The maximum absolute atomic E-state index is 13.4. The molecule has 170 valence electrons. The summed E-state index contributed by atoms with van der Waals surface area (Å²) in [5, 5.41) is 6.11. The highest BCUT2D eigenvalue weighted by Crippen LogP contribution is 2.26. The van der Waals surface area contributed by atoms with E-state index >= 15 is 0 Å². The van der Waals surface area contributed by atoms with E-state index < -0.39 is 6.04 Å². The number of nitrogens with zero attached hydrogens (tertiary/aromatic N) is 2. The number of anilines is 1. The number of aryl methyl sites for hydroxylation is 1. The number of rotatable bonds is 7. The minimum atomic E-state index is -0.442. The molecule has 2 fully saturated rings. The number of amides is 2. The molecule has 7 heteroatoms. The molecule has 0 aromatic heterocycles. The lowest BCUT2D eigenvalue weighted by molar-refractivity contribution is -0.128. The van der Waals surface area contributed by atoms with Gasteiger partial charge in [-0.3, -0.25) is 19.4 Å². The fraction of sp³-hybridized carbons (Fsp3) is 0.440. The van der Waals surface area contributed by atoms with Crippen molar-refractivity contribution in [1.82, 2.24) is 15.1 Å². The van der Waals surface area contributed by atoms with Gasteiger partial charge in [0.2, 0.25) is 11.8 Å². The Morgan fingerprint density at radius 1 is 1.03 bits per heavy atom. The number of carbonyl (C=O) groups is 2. The Hall–Kier alpha value is -2.77. The van der Waals surface area contributed by atoms with Gasteiger partial charge in [-0.15, -0.1) is 0 Å². The Labute approximate surface area is 188 Å². The predicted molar refractivity (Wildman–Crippen MR) is 123 cm³/mol. The monoisotopic (exact) mass is 438 g/mol. The van der Waals surface area contributed by atoms with Crippen LogP contribution < -0.4 is 10.6 Å². The SMILES string of the molecule is Cc1cccc(NC(=O)CN2CCN(C(C(=O)NC3CC3)c3ccc(F)cc3)CC2)c1C. The average Bonchev–Trinajstić information content (AvgIpc) is 3.58. The van der Waals surface area contributed by atoms with Gasteiger partial charge in [-0.05, 0) is 61.6 Å². The van der Waals surface area contributed by atoms with Crippen molar-refractivity contribution in [2.75, 3.05) is 38.0 Å². The van der Waals surface area contributed by atoms with Crippen molar-refractivity contribution in [3.05, 3.63) is 65.0 Å². The van der Waals surface area contributed by atoms with Crippen LogP contribution in [0.15, 0.2) is 42.5 Å². The molecule has 2 N–H and O–H groups in total. The maximum atomic E-state index is 13.4. The smallest absolute Gasteiger partial charge is 0.242 e. The van der Waals surface area contributed by atoms with Crippen molar-refractivity contribution in [3.63, 3.8) is 0 Å². The summed E-state index contributed by atoms with van der Waals surface area (Å²) in [5.41, 5.74) is 3.87. The number of hydrogen-bond donors (Lipinski definition) is 2. The first-order chi connectivity index (χ1) is 15.4. The van der Waals surface area contributed by atoms with Gasteiger partial charge in [-0.2, -0.15) is 0 Å². The zero-order chi connectivity index (χ0) is 22.7. The highest BCUT2D eigenvalue weighted by atomic mass is 19.1. The molecule has 1 saturated heterocycles. The van der Waals surface area contributed by atoms with Crippen molar-refractivity contribution < 1.29 is 14.0 Å². The van der Waals surface area contributed by atoms with Gasteiger partial charge in [-0.25, -0.2) is 4.39 Å². The predicted octanol–water partition coefficient (Wildman–Crippen LogP) is 3.02. The molecule has 4 rings (SSSR count). The Morgan fingerprint density at radius 2 is 1.72 bits per heavy atom. The van der Waals surface area contributed by atoms with E-state index in [0.29, 0.717) is 32.7 Å². The molecule has 0 radical (unpaired) electrons. The summed E-state index contributed by atoms with van der Waals surface area (Å²) in [7, 11) is 0. The number of hydrogen-bond acceptors (Lipinski definition) is 4. The summed E-state index contributed by atoms with van der Waals surface area (Å²) < 4.78 is 13.4. The number of carbonyl (C=O) groups excluding carboxylic acids is 2. The van der Waals surface area contributed by atoms with Crippen molar-refractivity contribution in [3.8, 4) is 0 Å². The van der Waals surface area contributed by atoms with Crippen LogP contribution in [-0.2, 0) is 9.59 Å². The second-order valence-corrected chi connectivity index (χ2v) is 8.84. The molecule has 0 spiro atoms. The molecule has 1 atom stereocenters. The first-order valence-corrected chi connectivity index (χ1v) is 11.3. The lowest BCUT2D eigenvalue weighted by Crippen LogP contribution is -2.52. The zero-order valence-electron chi connectivity index (χ0n) is 18.7. The molecule has 1 saturated carbocycles. The summed E-state index contributed by atoms with van der Waals surface area (Å²) in [6.07, 6.45) is 2.04. The van der Waals surface area contributed by atoms with E-state index in [1.54, 1.807) is 12.1 Å². The quantitative estimate of drug-likeness (QED) is 0.698. The Bertz CT molecular complexity index is 966. The fourth-order valence-corrected chi connectivity index (χ4v) is 4.14. The van der Waals surface area contributed by atoms with Crippen LogP contribution in [0.1, 0.15) is 35.6 Å². The van der Waals surface area contributed by atoms with Crippen molar-refractivity contribution >= 4 is 17.5 Å². The Morgan fingerprint density at radius 3 is 2.38 bits per heavy atom. The third kappa shape index (κ3) is 5.53. The molecule has 2 aliphatic rings. The summed E-state index contributed by atoms with van der Waals surface area (Å²) in [6.45, 7) is 7.06. The molecular formula is C25H31FN4O2. The van der Waals surface area contributed by atoms with E-state index in [9.17, 15) is 14.0 Å². The molecule has 1 heterocycles. The van der Waals surface area contributed by atoms with E-state index in [1.807, 2.05) is 32.0 Å². The summed E-state index contributed by atoms with van der Waals surface area (Å²) in [6, 6.07) is 11.9. The highest BCUT2D eigenvalue weighted by molar-refractivity contribution is 5.93. The van der Waals surface area contributed by atoms with Gasteiger partial charge in [0.05, 0.1) is 6.54 Å². The molecular weight excluding hydrogens is 407 g/mol. The molecule has 2 aromatic rings. The number of nitrogens with one attached hydrogen (secondary N) is 2. The zero-order valence-corrected chi connectivity index (χ0v) is 18.7. The highest BCUT2D eigenvalue weighted by Gasteiger charge is 2.34. The van der Waals surface area contributed by atoms with Crippen LogP contribution in [0.5, 0.6) is 0 Å². The lowest BCUT2D eigenvalue weighted by Gasteiger charge is -2.38. The minimum Gasteiger partial charge on any atom is -0.352 e. The van der Waals surface area contributed by atoms with Crippen LogP contribution in [0.25, 0.3) is 0 Å². The van der Waals surface area contributed by atoms with Crippen molar-refractivity contribution in [1.29, 1.82) is 0 Å². The molecule has 0 bridgehead atoms. The second-order valence-electron chi connectivity index (χ2n) is 8.84. The molecule has 2 aromatic carbocycles. The number of piperazine rings is 1. The van der Waals surface area contributed by atoms with Crippen molar-refractivity contribution in [2.45, 2.75) is 38.8 Å². The van der Waals surface area contributed by atoms with Crippen LogP contribution in [0.4, 0.5) is 10.1 Å². The van der Waals surface area contributed by atoms with Gasteiger partial charge in [-0.1, -0.05) is 24.3 Å². The first kappa shape index (κ1) is 22.4. The second kappa shape index (κ2) is 9.79. The normalized spacial score (nSPS) is 18.2. The molecule has 2 amide bonds. The van der Waals surface area contributed by atoms with Gasteiger partial charge in [0.1, 0.15) is 11.9 Å². The molecule has 6 nitrogen and oxygen atoms in total. The average molecular weight is 439 g/mol. The fourth-order valence-electron chi connectivity index (χ4n) is 4.14. The molecule has 1 aliphatic heterocycles. The van der Waals surface area contributed by atoms with Crippen LogP contribution in [0.3, 0.4) is 0 Å². The van der Waals surface area contributed by atoms with Gasteiger partial charge >= 0.3 is 0 Å². The van der Waals surface area contributed by atoms with Gasteiger partial charge < -0.3 is 10.6 Å². The lowest BCUT2D eigenvalue weighted by atomic mass is 10.0. The van der Waals surface area contributed by atoms with E-state index in [-0.39, 0.29) is 23.7 Å². The largest absolute Gasteiger partial charge is 0.352 e. The van der Waals surface area contributed by atoms with E-state index in [1.165, 1.54) is 12.1 Å². The van der Waals surface area contributed by atoms with E-state index in [0.717, 1.165) is 35.2 Å². The third-order valence-corrected chi connectivity index (χ3v) is 6.38. The van der Waals surface area contributed by atoms with Crippen LogP contribution >= 0.6 is 0 Å². The van der Waals surface area contributed by atoms with Crippen LogP contribution in [0, 0.1) is 19.7 Å². The standard InChI is InChI=1S/C25H31FN4O2/c1-17-4-3-5-22(18(17)2)28-23(31)16-29-12-14-30(15-13-29)24(25(32)27-21-10-11-21)19-6-8-20(26)9-7-19/h3-9,21,24H,10-16H2,1-2H3,(H,27,32)(H,28,31). The van der Waals surface area contributed by atoms with E-state index in [4.69, 9.17) is 0 Å². The topological polar surface area (TPSA) is 64.7 Å². The molecule has 1 aliphatic carbocycles. The Kier molecular flexibility index (Phi) is 6.86. The minimum absolute atomic E-state index is 0.0276. The Balaban J connectivity index is 1.36. The maximum Gasteiger partial charge on any atom is 0.242 e. The van der Waals surface area contributed by atoms with Gasteiger partial charge in [0.25, 0.3) is 0 Å². The van der Waals surface area contributed by atoms with E-state index in [2.05, 4.69) is 20.4 Å². The van der Waals surface area contributed by atoms with Crippen LogP contribution in [0.2, 0.25) is 0 Å². The summed E-state index contributed by atoms with van der Waals surface area (Å²) in [4.78, 5) is 29.8. The van der Waals surface area contributed by atoms with Crippen molar-refractivity contribution in [2.24, 2.45) is 0 Å². The summed E-state index contributed by atoms with van der Waals surface area (Å²) >= 11 is 0. The molecule has 1 unspecified atom stereocenters. The van der Waals surface area contributed by atoms with Crippen LogP contribution in [-0.4, -0.2) is 60.4 Å². The summed E-state index contributed by atoms with van der Waals surface area (Å²) in [5.74, 6) is -0.372. The van der Waals surface area contributed by atoms with Gasteiger partial charge in [0.15, 0.2) is 0 Å². The first-order valence-electron chi connectivity index (χ1n) is 11.3. The third-order valence-electron chi connectivity index (χ3n) is 6.38. The van der Waals surface area contributed by atoms with Gasteiger partial charge in [0, 0.05) is 37.9 Å². The number of halogens is 1. The number of benzene rings is 2. The molecule has 32 heavy (non-hydrogen) atoms.